The second-order valence-corrected chi connectivity index (χ2v) is 5.71. The Morgan fingerprint density at radius 2 is 1.94 bits per heavy atom. The van der Waals surface area contributed by atoms with Crippen LogP contribution in [0.1, 0.15) is 0 Å². The summed E-state index contributed by atoms with van der Waals surface area (Å²) in [7, 11) is -0.446. The number of halogens is 1. The molecule has 0 aliphatic carbocycles. The molecule has 0 atom stereocenters. The van der Waals surface area contributed by atoms with Gasteiger partial charge in [0.05, 0.1) is 17.1 Å². The summed E-state index contributed by atoms with van der Waals surface area (Å²) < 4.78 is 46.0. The third-order valence-electron chi connectivity index (χ3n) is 2.35. The predicted molar refractivity (Wildman–Crippen MR) is 65.8 cm³/mol. The predicted octanol–water partition coefficient (Wildman–Crippen LogP) is 1.26. The Bertz CT molecular complexity index is 500. The van der Waals surface area contributed by atoms with Gasteiger partial charge in [0, 0.05) is 20.5 Å². The molecular weight excluding hydrogens is 261 g/mol. The van der Waals surface area contributed by atoms with Crippen LogP contribution >= 0.6 is 0 Å². The molecular formula is C11H16FNO4S. The van der Waals surface area contributed by atoms with Crippen LogP contribution in [-0.2, 0) is 19.3 Å². The molecule has 1 rings (SSSR count). The van der Waals surface area contributed by atoms with E-state index in [4.69, 9.17) is 9.47 Å². The average Bonchev–Trinajstić information content (AvgIpc) is 2.31. The van der Waals surface area contributed by atoms with E-state index in [1.165, 1.54) is 26.4 Å². The highest BCUT2D eigenvalue weighted by atomic mass is 32.2. The van der Waals surface area contributed by atoms with Gasteiger partial charge in [-0.1, -0.05) is 0 Å². The first-order chi connectivity index (χ1) is 8.38. The number of ether oxygens (including phenoxy) is 2. The molecule has 0 bridgehead atoms. The van der Waals surface area contributed by atoms with Gasteiger partial charge in [0.2, 0.25) is 0 Å². The van der Waals surface area contributed by atoms with Crippen LogP contribution < -0.4 is 5.32 Å². The first-order valence-corrected chi connectivity index (χ1v) is 7.06. The largest absolute Gasteiger partial charge is 0.378 e. The second-order valence-electron chi connectivity index (χ2n) is 3.70. The maximum absolute atomic E-state index is 13.5. The van der Waals surface area contributed by atoms with Crippen LogP contribution in [0, 0.1) is 5.82 Å². The number of methoxy groups -OCH3 is 2. The lowest BCUT2D eigenvalue weighted by molar-refractivity contribution is -0.0914. The van der Waals surface area contributed by atoms with Gasteiger partial charge in [-0.25, -0.2) is 12.8 Å². The number of rotatable bonds is 6. The Hall–Kier alpha value is -1.18. The van der Waals surface area contributed by atoms with Crippen molar-refractivity contribution in [2.45, 2.75) is 11.2 Å². The summed E-state index contributed by atoms with van der Waals surface area (Å²) >= 11 is 0. The quantitative estimate of drug-likeness (QED) is 0.626. The molecule has 0 aliphatic rings. The van der Waals surface area contributed by atoms with Crippen LogP contribution in [-0.4, -0.2) is 41.7 Å². The van der Waals surface area contributed by atoms with Crippen molar-refractivity contribution in [2.24, 2.45) is 0 Å². The highest BCUT2D eigenvalue weighted by Gasteiger charge is 2.12. The van der Waals surface area contributed by atoms with Crippen LogP contribution in [0.5, 0.6) is 0 Å². The summed E-state index contributed by atoms with van der Waals surface area (Å²) in [4.78, 5) is 0.0535. The summed E-state index contributed by atoms with van der Waals surface area (Å²) in [6.07, 6.45) is 0.531. The summed E-state index contributed by atoms with van der Waals surface area (Å²) in [5.74, 6) is -0.534. The van der Waals surface area contributed by atoms with Gasteiger partial charge < -0.3 is 14.8 Å². The molecule has 0 fully saturated rings. The molecule has 0 heterocycles. The fraction of sp³-hybridized carbons (Fsp3) is 0.455. The van der Waals surface area contributed by atoms with E-state index in [2.05, 4.69) is 5.32 Å². The van der Waals surface area contributed by atoms with E-state index in [0.717, 1.165) is 12.3 Å². The Kier molecular flexibility index (Phi) is 5.06. The van der Waals surface area contributed by atoms with Crippen LogP contribution in [0.15, 0.2) is 23.1 Å². The molecule has 0 amide bonds. The number of anilines is 1. The maximum atomic E-state index is 13.5. The minimum atomic E-state index is -3.36. The summed E-state index contributed by atoms with van der Waals surface area (Å²) in [6, 6.07) is 3.57. The molecule has 0 aliphatic heterocycles. The molecule has 0 saturated carbocycles. The zero-order valence-corrected chi connectivity index (χ0v) is 11.3. The molecule has 0 spiro atoms. The standard InChI is InChI=1S/C11H16FNO4S/c1-16-11(17-2)7-13-10-6-8(18(3,14)15)4-5-9(10)12/h4-6,11,13H,7H2,1-3H3. The molecule has 18 heavy (non-hydrogen) atoms. The van der Waals surface area contributed by atoms with Gasteiger partial charge in [-0.15, -0.1) is 0 Å². The van der Waals surface area contributed by atoms with Gasteiger partial charge in [-0.2, -0.15) is 0 Å². The Labute approximate surface area is 106 Å². The normalized spacial score (nSPS) is 11.8. The first kappa shape index (κ1) is 14.9. The van der Waals surface area contributed by atoms with Crippen molar-refractivity contribution in [2.75, 3.05) is 32.3 Å². The highest BCUT2D eigenvalue weighted by Crippen LogP contribution is 2.19. The van der Waals surface area contributed by atoms with Crippen LogP contribution in [0.4, 0.5) is 10.1 Å². The van der Waals surface area contributed by atoms with Gasteiger partial charge in [-0.3, -0.25) is 0 Å². The Morgan fingerprint density at radius 3 is 2.44 bits per heavy atom. The minimum Gasteiger partial charge on any atom is -0.378 e. The number of hydrogen-bond acceptors (Lipinski definition) is 5. The smallest absolute Gasteiger partial charge is 0.175 e. The lowest BCUT2D eigenvalue weighted by atomic mass is 10.3. The average molecular weight is 277 g/mol. The first-order valence-electron chi connectivity index (χ1n) is 5.17. The second kappa shape index (κ2) is 6.12. The molecule has 1 aromatic rings. The lowest BCUT2D eigenvalue weighted by Gasteiger charge is -2.15. The lowest BCUT2D eigenvalue weighted by Crippen LogP contribution is -2.24. The van der Waals surface area contributed by atoms with Crippen molar-refractivity contribution < 1.29 is 22.3 Å². The summed E-state index contributed by atoms with van der Waals surface area (Å²) in [5, 5.41) is 2.74. The van der Waals surface area contributed by atoms with E-state index < -0.39 is 21.9 Å². The molecule has 5 nitrogen and oxygen atoms in total. The monoisotopic (exact) mass is 277 g/mol. The molecule has 1 N–H and O–H groups in total. The number of hydrogen-bond donors (Lipinski definition) is 1. The van der Waals surface area contributed by atoms with Gasteiger partial charge in [0.1, 0.15) is 5.82 Å². The number of benzene rings is 1. The van der Waals surface area contributed by atoms with Crippen molar-refractivity contribution >= 4 is 15.5 Å². The maximum Gasteiger partial charge on any atom is 0.175 e. The number of nitrogens with one attached hydrogen (secondary N) is 1. The van der Waals surface area contributed by atoms with Crippen molar-refractivity contribution in [3.8, 4) is 0 Å². The molecule has 0 saturated heterocycles. The Balaban J connectivity index is 2.88. The highest BCUT2D eigenvalue weighted by molar-refractivity contribution is 7.90. The van der Waals surface area contributed by atoms with Crippen LogP contribution in [0.3, 0.4) is 0 Å². The fourth-order valence-electron chi connectivity index (χ4n) is 1.33. The van der Waals surface area contributed by atoms with Crippen molar-refractivity contribution in [1.29, 1.82) is 0 Å². The van der Waals surface area contributed by atoms with Crippen molar-refractivity contribution in [3.05, 3.63) is 24.0 Å². The van der Waals surface area contributed by atoms with E-state index >= 15 is 0 Å². The SMILES string of the molecule is COC(CNc1cc(S(C)(=O)=O)ccc1F)OC. The van der Waals surface area contributed by atoms with Gasteiger partial charge in [0.15, 0.2) is 16.1 Å². The van der Waals surface area contributed by atoms with E-state index in [1.807, 2.05) is 0 Å². The van der Waals surface area contributed by atoms with Crippen LogP contribution in [0.2, 0.25) is 0 Å². The van der Waals surface area contributed by atoms with E-state index in [1.54, 1.807) is 0 Å². The zero-order valence-electron chi connectivity index (χ0n) is 10.4. The van der Waals surface area contributed by atoms with Crippen molar-refractivity contribution in [3.63, 3.8) is 0 Å². The summed E-state index contributed by atoms with van der Waals surface area (Å²) in [6.45, 7) is 0.205. The van der Waals surface area contributed by atoms with E-state index in [-0.39, 0.29) is 17.1 Å². The summed E-state index contributed by atoms with van der Waals surface area (Å²) in [5.41, 5.74) is 0.0945. The third kappa shape index (κ3) is 3.94. The van der Waals surface area contributed by atoms with Crippen molar-refractivity contribution in [1.82, 2.24) is 0 Å². The molecule has 0 unspecified atom stereocenters. The zero-order chi connectivity index (χ0) is 13.8. The van der Waals surface area contributed by atoms with E-state index in [0.29, 0.717) is 0 Å². The minimum absolute atomic E-state index is 0.0535. The van der Waals surface area contributed by atoms with Crippen LogP contribution in [0.25, 0.3) is 0 Å². The molecule has 1 aromatic carbocycles. The third-order valence-corrected chi connectivity index (χ3v) is 3.46. The van der Waals surface area contributed by atoms with Gasteiger partial charge in [0.25, 0.3) is 0 Å². The fourth-order valence-corrected chi connectivity index (χ4v) is 1.97. The van der Waals surface area contributed by atoms with Gasteiger partial charge >= 0.3 is 0 Å². The number of sulfone groups is 1. The topological polar surface area (TPSA) is 64.6 Å². The Morgan fingerprint density at radius 1 is 1.33 bits per heavy atom. The molecule has 7 heteroatoms. The molecule has 0 radical (unpaired) electrons. The molecule has 102 valence electrons. The molecule has 0 aromatic heterocycles. The van der Waals surface area contributed by atoms with E-state index in [9.17, 15) is 12.8 Å². The van der Waals surface area contributed by atoms with Gasteiger partial charge in [-0.05, 0) is 18.2 Å².